The van der Waals surface area contributed by atoms with E-state index in [0.717, 1.165) is 36.6 Å². The lowest BCUT2D eigenvalue weighted by atomic mass is 10.2. The number of carbonyl (C=O) groups excluding carboxylic acids is 1. The Morgan fingerprint density at radius 1 is 1.19 bits per heavy atom. The van der Waals surface area contributed by atoms with Crippen molar-refractivity contribution in [2.24, 2.45) is 7.05 Å². The van der Waals surface area contributed by atoms with Crippen molar-refractivity contribution in [3.63, 3.8) is 0 Å². The molecular formula is C19H27N3O3S. The first-order valence-electron chi connectivity index (χ1n) is 9.29. The number of benzene rings is 1. The summed E-state index contributed by atoms with van der Waals surface area (Å²) < 4.78 is 28.7. The van der Waals surface area contributed by atoms with Crippen LogP contribution in [0.3, 0.4) is 0 Å². The van der Waals surface area contributed by atoms with Crippen molar-refractivity contribution in [2.75, 3.05) is 13.1 Å². The standard InChI is InChI=1S/C19H27N3O3S/c1-4-22(5-2)26(24,25)16-10-11-17-14(12-16)13-18(21(17)3)19(23)20-15-8-6-7-9-15/h10-13,15H,4-9H2,1-3H3,(H,20,23). The molecule has 26 heavy (non-hydrogen) atoms. The number of nitrogens with one attached hydrogen (secondary N) is 1. The average molecular weight is 378 g/mol. The summed E-state index contributed by atoms with van der Waals surface area (Å²) in [6, 6.07) is 7.09. The number of hydrogen-bond donors (Lipinski definition) is 1. The number of rotatable bonds is 6. The summed E-state index contributed by atoms with van der Waals surface area (Å²) in [6.45, 7) is 4.52. The molecule has 1 heterocycles. The van der Waals surface area contributed by atoms with Crippen LogP contribution in [-0.2, 0) is 17.1 Å². The first-order chi connectivity index (χ1) is 12.4. The summed E-state index contributed by atoms with van der Waals surface area (Å²) in [6.07, 6.45) is 4.38. The summed E-state index contributed by atoms with van der Waals surface area (Å²) in [5.74, 6) is -0.0937. The highest BCUT2D eigenvalue weighted by atomic mass is 32.2. The summed E-state index contributed by atoms with van der Waals surface area (Å²) in [7, 11) is -1.67. The molecular weight excluding hydrogens is 350 g/mol. The number of carbonyl (C=O) groups is 1. The molecule has 3 rings (SSSR count). The van der Waals surface area contributed by atoms with Crippen molar-refractivity contribution in [1.29, 1.82) is 0 Å². The maximum absolute atomic E-state index is 12.7. The van der Waals surface area contributed by atoms with E-state index >= 15 is 0 Å². The number of fused-ring (bicyclic) bond motifs is 1. The summed E-state index contributed by atoms with van der Waals surface area (Å²) >= 11 is 0. The predicted octanol–water partition coefficient (Wildman–Crippen LogP) is 2.88. The molecule has 0 radical (unpaired) electrons. The van der Waals surface area contributed by atoms with E-state index in [4.69, 9.17) is 0 Å². The Morgan fingerprint density at radius 3 is 2.46 bits per heavy atom. The molecule has 1 aliphatic carbocycles. The van der Waals surface area contributed by atoms with Crippen LogP contribution in [-0.4, -0.2) is 42.3 Å². The van der Waals surface area contributed by atoms with Crippen molar-refractivity contribution in [3.8, 4) is 0 Å². The second kappa shape index (κ2) is 7.40. The van der Waals surface area contributed by atoms with E-state index in [0.29, 0.717) is 18.8 Å². The van der Waals surface area contributed by atoms with Gasteiger partial charge in [-0.2, -0.15) is 4.31 Å². The second-order valence-electron chi connectivity index (χ2n) is 6.85. The Morgan fingerprint density at radius 2 is 1.85 bits per heavy atom. The molecule has 0 saturated heterocycles. The van der Waals surface area contributed by atoms with Gasteiger partial charge < -0.3 is 9.88 Å². The normalized spacial score (nSPS) is 15.8. The van der Waals surface area contributed by atoms with Crippen LogP contribution in [0, 0.1) is 0 Å². The fourth-order valence-corrected chi connectivity index (χ4v) is 5.24. The summed E-state index contributed by atoms with van der Waals surface area (Å²) in [5, 5.41) is 3.85. The molecule has 0 atom stereocenters. The van der Waals surface area contributed by atoms with Crippen molar-refractivity contribution < 1.29 is 13.2 Å². The van der Waals surface area contributed by atoms with Gasteiger partial charge in [0.2, 0.25) is 10.0 Å². The van der Waals surface area contributed by atoms with Gasteiger partial charge in [0.1, 0.15) is 5.69 Å². The fourth-order valence-electron chi connectivity index (χ4n) is 3.75. The van der Waals surface area contributed by atoms with E-state index in [1.807, 2.05) is 25.5 Å². The molecule has 1 N–H and O–H groups in total. The third kappa shape index (κ3) is 3.38. The largest absolute Gasteiger partial charge is 0.348 e. The lowest BCUT2D eigenvalue weighted by Gasteiger charge is -2.18. The third-order valence-electron chi connectivity index (χ3n) is 5.28. The van der Waals surface area contributed by atoms with Gasteiger partial charge in [0, 0.05) is 37.1 Å². The first-order valence-corrected chi connectivity index (χ1v) is 10.7. The number of sulfonamides is 1. The minimum absolute atomic E-state index is 0.0937. The fraction of sp³-hybridized carbons (Fsp3) is 0.526. The zero-order valence-electron chi connectivity index (χ0n) is 15.7. The van der Waals surface area contributed by atoms with E-state index in [2.05, 4.69) is 5.32 Å². The Hall–Kier alpha value is -1.86. The average Bonchev–Trinajstić information content (AvgIpc) is 3.23. The summed E-state index contributed by atoms with van der Waals surface area (Å²) in [5.41, 5.74) is 1.41. The molecule has 1 fully saturated rings. The van der Waals surface area contributed by atoms with Gasteiger partial charge in [0.05, 0.1) is 4.90 Å². The molecule has 7 heteroatoms. The van der Waals surface area contributed by atoms with E-state index in [1.165, 1.54) is 4.31 Å². The van der Waals surface area contributed by atoms with Crippen LogP contribution in [0.1, 0.15) is 50.0 Å². The van der Waals surface area contributed by atoms with Crippen LogP contribution in [0.2, 0.25) is 0 Å². The maximum atomic E-state index is 12.7. The monoisotopic (exact) mass is 377 g/mol. The van der Waals surface area contributed by atoms with Gasteiger partial charge in [-0.25, -0.2) is 8.42 Å². The van der Waals surface area contributed by atoms with Crippen LogP contribution >= 0.6 is 0 Å². The zero-order chi connectivity index (χ0) is 18.9. The quantitative estimate of drug-likeness (QED) is 0.841. The van der Waals surface area contributed by atoms with Gasteiger partial charge in [-0.3, -0.25) is 4.79 Å². The number of aryl methyl sites for hydroxylation is 1. The van der Waals surface area contributed by atoms with Crippen LogP contribution < -0.4 is 5.32 Å². The Bertz CT molecular complexity index is 907. The molecule has 0 aliphatic heterocycles. The van der Waals surface area contributed by atoms with Crippen molar-refractivity contribution in [3.05, 3.63) is 30.0 Å². The highest BCUT2D eigenvalue weighted by Gasteiger charge is 2.24. The van der Waals surface area contributed by atoms with Gasteiger partial charge in [-0.15, -0.1) is 0 Å². The maximum Gasteiger partial charge on any atom is 0.268 e. The van der Waals surface area contributed by atoms with Crippen molar-refractivity contribution in [2.45, 2.75) is 50.5 Å². The van der Waals surface area contributed by atoms with Crippen LogP contribution in [0.5, 0.6) is 0 Å². The number of nitrogens with zero attached hydrogens (tertiary/aromatic N) is 2. The molecule has 1 aliphatic rings. The zero-order valence-corrected chi connectivity index (χ0v) is 16.5. The van der Waals surface area contributed by atoms with E-state index in [9.17, 15) is 13.2 Å². The Labute approximate surface area is 155 Å². The third-order valence-corrected chi connectivity index (χ3v) is 7.33. The molecule has 6 nitrogen and oxygen atoms in total. The summed E-state index contributed by atoms with van der Waals surface area (Å²) in [4.78, 5) is 12.9. The minimum Gasteiger partial charge on any atom is -0.348 e. The number of hydrogen-bond acceptors (Lipinski definition) is 3. The highest BCUT2D eigenvalue weighted by Crippen LogP contribution is 2.25. The predicted molar refractivity (Wildman–Crippen MR) is 103 cm³/mol. The molecule has 0 bridgehead atoms. The molecule has 1 saturated carbocycles. The Balaban J connectivity index is 1.94. The number of amides is 1. The molecule has 1 amide bonds. The van der Waals surface area contributed by atoms with Crippen molar-refractivity contribution in [1.82, 2.24) is 14.2 Å². The van der Waals surface area contributed by atoms with Crippen LogP contribution in [0.25, 0.3) is 10.9 Å². The lowest BCUT2D eigenvalue weighted by Crippen LogP contribution is -2.33. The lowest BCUT2D eigenvalue weighted by molar-refractivity contribution is 0.0930. The topological polar surface area (TPSA) is 71.4 Å². The van der Waals surface area contributed by atoms with Gasteiger partial charge in [0.25, 0.3) is 5.91 Å². The van der Waals surface area contributed by atoms with Crippen LogP contribution in [0.15, 0.2) is 29.2 Å². The Kier molecular flexibility index (Phi) is 5.39. The van der Waals surface area contributed by atoms with E-state index in [1.54, 1.807) is 24.3 Å². The second-order valence-corrected chi connectivity index (χ2v) is 8.79. The van der Waals surface area contributed by atoms with E-state index < -0.39 is 10.0 Å². The minimum atomic E-state index is -3.51. The molecule has 142 valence electrons. The highest BCUT2D eigenvalue weighted by molar-refractivity contribution is 7.89. The number of aromatic nitrogens is 1. The molecule has 1 aromatic heterocycles. The van der Waals surface area contributed by atoms with E-state index in [-0.39, 0.29) is 16.8 Å². The van der Waals surface area contributed by atoms with Gasteiger partial charge in [0.15, 0.2) is 0 Å². The van der Waals surface area contributed by atoms with Gasteiger partial charge in [-0.05, 0) is 37.1 Å². The van der Waals surface area contributed by atoms with Gasteiger partial charge in [-0.1, -0.05) is 26.7 Å². The first kappa shape index (κ1) is 18.9. The molecule has 2 aromatic rings. The molecule has 0 spiro atoms. The molecule has 0 unspecified atom stereocenters. The van der Waals surface area contributed by atoms with Crippen molar-refractivity contribution >= 4 is 26.8 Å². The molecule has 1 aromatic carbocycles. The SMILES string of the molecule is CCN(CC)S(=O)(=O)c1ccc2c(c1)cc(C(=O)NC1CCCC1)n2C. The smallest absolute Gasteiger partial charge is 0.268 e. The van der Waals surface area contributed by atoms with Crippen LogP contribution in [0.4, 0.5) is 0 Å². The van der Waals surface area contributed by atoms with Gasteiger partial charge >= 0.3 is 0 Å².